The summed E-state index contributed by atoms with van der Waals surface area (Å²) in [5.41, 5.74) is 0.968. The van der Waals surface area contributed by atoms with Gasteiger partial charge in [-0.15, -0.1) is 0 Å². The fourth-order valence-electron chi connectivity index (χ4n) is 2.54. The Kier molecular flexibility index (Phi) is 6.78. The zero-order chi connectivity index (χ0) is 21.3. The van der Waals surface area contributed by atoms with Crippen molar-refractivity contribution in [3.05, 3.63) is 90.0 Å². The van der Waals surface area contributed by atoms with E-state index in [9.17, 15) is 14.4 Å². The largest absolute Gasteiger partial charge is 0.465 e. The van der Waals surface area contributed by atoms with Crippen molar-refractivity contribution in [2.45, 2.75) is 0 Å². The summed E-state index contributed by atoms with van der Waals surface area (Å²) in [5.74, 6) is -0.623. The molecule has 0 aromatic heterocycles. The first kappa shape index (κ1) is 20.6. The van der Waals surface area contributed by atoms with E-state index in [0.29, 0.717) is 22.7 Å². The van der Waals surface area contributed by atoms with E-state index in [0.717, 1.165) is 0 Å². The first-order valence-electron chi connectivity index (χ1n) is 9.04. The highest BCUT2D eigenvalue weighted by Crippen LogP contribution is 2.29. The maximum Gasteiger partial charge on any atom is 0.338 e. The molecule has 3 rings (SSSR count). The van der Waals surface area contributed by atoms with Gasteiger partial charge in [0.1, 0.15) is 5.75 Å². The van der Waals surface area contributed by atoms with Crippen molar-refractivity contribution in [1.82, 2.24) is 0 Å². The lowest BCUT2D eigenvalue weighted by Crippen LogP contribution is -2.21. The van der Waals surface area contributed by atoms with Gasteiger partial charge in [0.2, 0.25) is 0 Å². The minimum atomic E-state index is -0.685. The summed E-state index contributed by atoms with van der Waals surface area (Å²) in [6, 6.07) is 21.8. The molecule has 3 aromatic carbocycles. The summed E-state index contributed by atoms with van der Waals surface area (Å²) in [5, 5.41) is 2.67. The molecule has 0 bridgehead atoms. The number of rotatable bonds is 7. The van der Waals surface area contributed by atoms with Crippen LogP contribution in [0.2, 0.25) is 0 Å². The van der Waals surface area contributed by atoms with Gasteiger partial charge in [0.15, 0.2) is 12.4 Å². The van der Waals surface area contributed by atoms with Crippen LogP contribution < -0.4 is 10.1 Å². The minimum Gasteiger partial charge on any atom is -0.465 e. The van der Waals surface area contributed by atoms with E-state index in [4.69, 9.17) is 9.47 Å². The highest BCUT2D eigenvalue weighted by Gasteiger charge is 2.13. The van der Waals surface area contributed by atoms with Crippen molar-refractivity contribution >= 4 is 23.5 Å². The van der Waals surface area contributed by atoms with Gasteiger partial charge in [-0.25, -0.2) is 9.59 Å². The highest BCUT2D eigenvalue weighted by molar-refractivity contribution is 5.97. The summed E-state index contributed by atoms with van der Waals surface area (Å²) in [6.07, 6.45) is 0. The molecule has 0 saturated heterocycles. The first-order valence-corrected chi connectivity index (χ1v) is 9.04. The van der Waals surface area contributed by atoms with Crippen molar-refractivity contribution in [1.29, 1.82) is 0 Å². The molecule has 0 unspecified atom stereocenters. The van der Waals surface area contributed by atoms with Gasteiger partial charge in [0.25, 0.3) is 5.91 Å². The number of hydrogen-bond donors (Lipinski definition) is 1. The van der Waals surface area contributed by atoms with E-state index < -0.39 is 24.5 Å². The molecular weight excluding hydrogens is 386 g/mol. The molecule has 0 aliphatic rings. The number of carbonyl (C=O) groups is 3. The third-order valence-corrected chi connectivity index (χ3v) is 4.01. The molecule has 1 N–H and O–H groups in total. The van der Waals surface area contributed by atoms with Crippen molar-refractivity contribution in [3.8, 4) is 11.5 Å². The average molecular weight is 405 g/mol. The number of anilines is 1. The summed E-state index contributed by atoms with van der Waals surface area (Å²) in [4.78, 5) is 35.8. The Bertz CT molecular complexity index is 1030. The van der Waals surface area contributed by atoms with E-state index in [2.05, 4.69) is 10.1 Å². The zero-order valence-electron chi connectivity index (χ0n) is 16.2. The topological polar surface area (TPSA) is 90.9 Å². The van der Waals surface area contributed by atoms with Crippen molar-refractivity contribution < 1.29 is 28.6 Å². The van der Waals surface area contributed by atoms with Crippen LogP contribution in [0, 0.1) is 0 Å². The molecule has 0 saturated carbocycles. The van der Waals surface area contributed by atoms with Gasteiger partial charge in [-0.05, 0) is 48.5 Å². The van der Waals surface area contributed by atoms with Crippen LogP contribution in [0.25, 0.3) is 0 Å². The molecule has 0 radical (unpaired) electrons. The van der Waals surface area contributed by atoms with Crippen LogP contribution >= 0.6 is 0 Å². The van der Waals surface area contributed by atoms with Crippen LogP contribution in [0.15, 0.2) is 78.9 Å². The molecule has 3 aromatic rings. The Morgan fingerprint density at radius 3 is 2.03 bits per heavy atom. The zero-order valence-corrected chi connectivity index (χ0v) is 16.2. The second-order valence-corrected chi connectivity index (χ2v) is 6.10. The van der Waals surface area contributed by atoms with Gasteiger partial charge < -0.3 is 19.5 Å². The van der Waals surface area contributed by atoms with E-state index in [1.54, 1.807) is 36.4 Å². The number of hydrogen-bond acceptors (Lipinski definition) is 6. The van der Waals surface area contributed by atoms with Gasteiger partial charge >= 0.3 is 11.9 Å². The molecule has 30 heavy (non-hydrogen) atoms. The van der Waals surface area contributed by atoms with Crippen LogP contribution in [0.1, 0.15) is 20.7 Å². The Labute approximate surface area is 173 Å². The van der Waals surface area contributed by atoms with Crippen LogP contribution in [0.5, 0.6) is 11.5 Å². The lowest BCUT2D eigenvalue weighted by atomic mass is 10.1. The van der Waals surface area contributed by atoms with Gasteiger partial charge in [0.05, 0.1) is 23.9 Å². The Balaban J connectivity index is 1.57. The average Bonchev–Trinajstić information content (AvgIpc) is 2.79. The second-order valence-electron chi connectivity index (χ2n) is 6.10. The van der Waals surface area contributed by atoms with Gasteiger partial charge in [0, 0.05) is 0 Å². The number of amides is 1. The monoisotopic (exact) mass is 405 g/mol. The predicted octanol–water partition coefficient (Wildman–Crippen LogP) is 4.06. The lowest BCUT2D eigenvalue weighted by Gasteiger charge is -2.12. The number of methoxy groups -OCH3 is 1. The summed E-state index contributed by atoms with van der Waals surface area (Å²) >= 11 is 0. The van der Waals surface area contributed by atoms with Gasteiger partial charge in [-0.1, -0.05) is 30.3 Å². The SMILES string of the molecule is COC(=O)c1ccc(C(=O)OCC(=O)Nc2ccccc2Oc2ccccc2)cc1. The van der Waals surface area contributed by atoms with Crippen LogP contribution in [0.3, 0.4) is 0 Å². The third kappa shape index (κ3) is 5.45. The summed E-state index contributed by atoms with van der Waals surface area (Å²) in [6.45, 7) is -0.475. The minimum absolute atomic E-state index is 0.211. The Morgan fingerprint density at radius 2 is 1.37 bits per heavy atom. The van der Waals surface area contributed by atoms with Crippen LogP contribution in [0.4, 0.5) is 5.69 Å². The van der Waals surface area contributed by atoms with E-state index >= 15 is 0 Å². The number of carbonyl (C=O) groups excluding carboxylic acids is 3. The van der Waals surface area contributed by atoms with E-state index in [1.165, 1.54) is 31.4 Å². The number of para-hydroxylation sites is 3. The molecule has 0 heterocycles. The van der Waals surface area contributed by atoms with Gasteiger partial charge in [-0.2, -0.15) is 0 Å². The van der Waals surface area contributed by atoms with Crippen molar-refractivity contribution in [3.63, 3.8) is 0 Å². The molecule has 7 heteroatoms. The maximum atomic E-state index is 12.2. The second kappa shape index (κ2) is 9.88. The number of ether oxygens (including phenoxy) is 3. The van der Waals surface area contributed by atoms with E-state index in [-0.39, 0.29) is 5.56 Å². The molecule has 7 nitrogen and oxygen atoms in total. The molecular formula is C23H19NO6. The van der Waals surface area contributed by atoms with Crippen molar-refractivity contribution in [2.75, 3.05) is 19.0 Å². The molecule has 0 aliphatic heterocycles. The first-order chi connectivity index (χ1) is 14.6. The summed E-state index contributed by atoms with van der Waals surface area (Å²) < 4.78 is 15.4. The number of esters is 2. The smallest absolute Gasteiger partial charge is 0.338 e. The molecule has 1 amide bonds. The summed E-state index contributed by atoms with van der Waals surface area (Å²) in [7, 11) is 1.27. The molecule has 152 valence electrons. The molecule has 0 atom stereocenters. The van der Waals surface area contributed by atoms with E-state index in [1.807, 2.05) is 18.2 Å². The lowest BCUT2D eigenvalue weighted by molar-refractivity contribution is -0.119. The molecule has 0 spiro atoms. The number of benzene rings is 3. The highest BCUT2D eigenvalue weighted by atomic mass is 16.5. The standard InChI is InChI=1S/C23H19NO6/c1-28-22(26)16-11-13-17(14-12-16)23(27)29-15-21(25)24-19-9-5-6-10-20(19)30-18-7-3-2-4-8-18/h2-14H,15H2,1H3,(H,24,25). The molecule has 0 fully saturated rings. The third-order valence-electron chi connectivity index (χ3n) is 4.01. The Morgan fingerprint density at radius 1 is 0.767 bits per heavy atom. The maximum absolute atomic E-state index is 12.2. The predicted molar refractivity (Wildman–Crippen MR) is 110 cm³/mol. The fourth-order valence-corrected chi connectivity index (χ4v) is 2.54. The molecule has 0 aliphatic carbocycles. The van der Waals surface area contributed by atoms with Crippen LogP contribution in [-0.4, -0.2) is 31.6 Å². The van der Waals surface area contributed by atoms with Crippen LogP contribution in [-0.2, 0) is 14.3 Å². The quantitative estimate of drug-likeness (QED) is 0.596. The normalized spacial score (nSPS) is 10.0. The fraction of sp³-hybridized carbons (Fsp3) is 0.0870. The van der Waals surface area contributed by atoms with Crippen molar-refractivity contribution in [2.24, 2.45) is 0 Å². The Hall–Kier alpha value is -4.13. The van der Waals surface area contributed by atoms with Gasteiger partial charge in [-0.3, -0.25) is 4.79 Å². The number of nitrogens with one attached hydrogen (secondary N) is 1.